The summed E-state index contributed by atoms with van der Waals surface area (Å²) in [7, 11) is -8.05. The Morgan fingerprint density at radius 3 is 1.19 bits per heavy atom. The summed E-state index contributed by atoms with van der Waals surface area (Å²) in [4.78, 5) is 42.5. The van der Waals surface area contributed by atoms with Gasteiger partial charge in [0.15, 0.2) is 0 Å². The van der Waals surface area contributed by atoms with Crippen molar-refractivity contribution in [1.82, 2.24) is 14.7 Å². The van der Waals surface area contributed by atoms with Crippen LogP contribution in [0, 0.1) is 13.8 Å². The summed E-state index contributed by atoms with van der Waals surface area (Å²) in [5.41, 5.74) is -0.200. The normalized spacial score (nSPS) is 13.1. The Balaban J connectivity index is 2.23. The maximum atomic E-state index is 13.1. The summed E-state index contributed by atoms with van der Waals surface area (Å²) in [5, 5.41) is 0. The maximum absolute atomic E-state index is 13.1. The van der Waals surface area contributed by atoms with E-state index >= 15 is 0 Å². The molecule has 2 aromatic rings. The number of carbonyl (C=O) groups excluding carboxylic acids is 2. The van der Waals surface area contributed by atoms with Crippen LogP contribution in [0.3, 0.4) is 0 Å². The molecule has 0 heterocycles. The molecule has 0 fully saturated rings. The molecular weight excluding hydrogens is 779 g/mol. The lowest BCUT2D eigenvalue weighted by atomic mass is 10.2. The summed E-state index contributed by atoms with van der Waals surface area (Å²) < 4.78 is 73.5. The predicted molar refractivity (Wildman–Crippen MR) is 216 cm³/mol. The lowest BCUT2D eigenvalue weighted by molar-refractivity contribution is -0.349. The van der Waals surface area contributed by atoms with Crippen molar-refractivity contribution in [3.63, 3.8) is 0 Å². The summed E-state index contributed by atoms with van der Waals surface area (Å²) >= 11 is 0. The van der Waals surface area contributed by atoms with Crippen LogP contribution >= 0.6 is 0 Å². The molecule has 17 heteroatoms. The molecule has 0 aromatic heterocycles. The van der Waals surface area contributed by atoms with Gasteiger partial charge in [-0.25, -0.2) is 9.78 Å². The van der Waals surface area contributed by atoms with E-state index < -0.39 is 49.0 Å². The predicted octanol–water partition coefficient (Wildman–Crippen LogP) is 4.75. The highest BCUT2D eigenvalue weighted by Crippen LogP contribution is 2.16. The van der Waals surface area contributed by atoms with Crippen LogP contribution < -0.4 is 0 Å². The average molecular weight is 844 g/mol. The van der Waals surface area contributed by atoms with Crippen molar-refractivity contribution >= 4 is 32.2 Å². The molecule has 2 rings (SSSR count). The number of carbonyl (C=O) groups is 2. The van der Waals surface area contributed by atoms with Gasteiger partial charge in [0.05, 0.1) is 48.3 Å². The fourth-order valence-electron chi connectivity index (χ4n) is 5.04. The SMILES string of the molecule is Cc1ccc(S(=O)(=O)OCCN(CCOOC(C)(C)C)CCN(CCN(CCOS(=O)(=O)c2ccc(C)cc2)CC(=O)OC(C)(C)C)CC(=O)OC(C)(C)C)cc1. The summed E-state index contributed by atoms with van der Waals surface area (Å²) in [6.45, 7) is 21.2. The number of aryl methyl sites for hydroxylation is 2. The standard InChI is InChI=1S/C40H65N3O12S2/c1-32-12-16-34(17-13-32)56(46,47)51-28-25-41(24-27-50-55-40(9,10)11)20-21-42(30-36(44)53-38(3,4)5)22-23-43(31-37(45)54-39(6,7)8)26-29-52-57(48,49)35-18-14-33(2)15-19-35/h12-19H,20-31H2,1-11H3. The third kappa shape index (κ3) is 22.1. The van der Waals surface area contributed by atoms with E-state index in [0.717, 1.165) is 11.1 Å². The highest BCUT2D eigenvalue weighted by atomic mass is 32.2. The molecule has 0 N–H and O–H groups in total. The largest absolute Gasteiger partial charge is 0.459 e. The van der Waals surface area contributed by atoms with Crippen LogP contribution in [-0.4, -0.2) is 139 Å². The van der Waals surface area contributed by atoms with E-state index in [1.54, 1.807) is 70.7 Å². The van der Waals surface area contributed by atoms with E-state index in [0.29, 0.717) is 19.6 Å². The van der Waals surface area contributed by atoms with Crippen LogP contribution in [0.25, 0.3) is 0 Å². The first-order chi connectivity index (χ1) is 26.2. The van der Waals surface area contributed by atoms with Gasteiger partial charge in [0.25, 0.3) is 20.2 Å². The monoisotopic (exact) mass is 843 g/mol. The number of benzene rings is 2. The van der Waals surface area contributed by atoms with E-state index in [-0.39, 0.29) is 68.9 Å². The molecule has 15 nitrogen and oxygen atoms in total. The van der Waals surface area contributed by atoms with Gasteiger partial charge < -0.3 is 9.47 Å². The Hall–Kier alpha value is -3.00. The molecule has 2 aromatic carbocycles. The first-order valence-electron chi connectivity index (χ1n) is 19.1. The molecule has 0 aliphatic heterocycles. The quantitative estimate of drug-likeness (QED) is 0.0467. The smallest absolute Gasteiger partial charge is 0.320 e. The number of hydrogen-bond acceptors (Lipinski definition) is 15. The Morgan fingerprint density at radius 1 is 0.491 bits per heavy atom. The second-order valence-corrected chi connectivity index (χ2v) is 20.0. The molecule has 0 unspecified atom stereocenters. The molecule has 0 spiro atoms. The molecule has 0 bridgehead atoms. The van der Waals surface area contributed by atoms with Crippen LogP contribution in [-0.2, 0) is 57.4 Å². The molecule has 0 aliphatic rings. The fraction of sp³-hybridized carbons (Fsp3) is 0.650. The third-order valence-electron chi connectivity index (χ3n) is 7.72. The fourth-order valence-corrected chi connectivity index (χ4v) is 6.84. The van der Waals surface area contributed by atoms with Gasteiger partial charge in [-0.1, -0.05) is 35.4 Å². The zero-order valence-electron chi connectivity index (χ0n) is 35.7. The number of ether oxygens (including phenoxy) is 2. The van der Waals surface area contributed by atoms with Gasteiger partial charge in [0.1, 0.15) is 11.2 Å². The molecule has 0 saturated heterocycles. The molecule has 0 aliphatic carbocycles. The minimum atomic E-state index is -4.05. The van der Waals surface area contributed by atoms with E-state index in [9.17, 15) is 26.4 Å². The van der Waals surface area contributed by atoms with Crippen molar-refractivity contribution in [3.8, 4) is 0 Å². The van der Waals surface area contributed by atoms with Crippen molar-refractivity contribution in [1.29, 1.82) is 0 Å². The van der Waals surface area contributed by atoms with Gasteiger partial charge in [-0.15, -0.1) is 0 Å². The van der Waals surface area contributed by atoms with Crippen LogP contribution in [0.5, 0.6) is 0 Å². The van der Waals surface area contributed by atoms with Crippen LogP contribution in [0.4, 0.5) is 0 Å². The summed E-state index contributed by atoms with van der Waals surface area (Å²) in [6, 6.07) is 12.7. The molecular formula is C40H65N3O12S2. The van der Waals surface area contributed by atoms with Crippen LogP contribution in [0.1, 0.15) is 73.4 Å². The Bertz CT molecular complexity index is 1750. The second-order valence-electron chi connectivity index (χ2n) is 16.8. The van der Waals surface area contributed by atoms with Crippen LogP contribution in [0.2, 0.25) is 0 Å². The number of nitrogens with zero attached hydrogens (tertiary/aromatic N) is 3. The lowest BCUT2D eigenvalue weighted by Crippen LogP contribution is -2.46. The first-order valence-corrected chi connectivity index (χ1v) is 21.9. The van der Waals surface area contributed by atoms with E-state index in [1.165, 1.54) is 24.3 Å². The van der Waals surface area contributed by atoms with Crippen molar-refractivity contribution in [2.24, 2.45) is 0 Å². The number of rotatable bonds is 24. The summed E-state index contributed by atoms with van der Waals surface area (Å²) in [6.07, 6.45) is 0. The molecule has 0 amide bonds. The molecule has 0 saturated carbocycles. The van der Waals surface area contributed by atoms with E-state index in [2.05, 4.69) is 0 Å². The Labute approximate surface area is 341 Å². The van der Waals surface area contributed by atoms with Gasteiger partial charge in [-0.05, 0) is 100 Å². The van der Waals surface area contributed by atoms with Gasteiger partial charge in [-0.3, -0.25) is 32.7 Å². The van der Waals surface area contributed by atoms with E-state index in [1.807, 2.05) is 44.4 Å². The molecule has 57 heavy (non-hydrogen) atoms. The molecule has 324 valence electrons. The molecule has 0 atom stereocenters. The van der Waals surface area contributed by atoms with Crippen molar-refractivity contribution in [2.75, 3.05) is 78.7 Å². The minimum Gasteiger partial charge on any atom is -0.459 e. The van der Waals surface area contributed by atoms with Gasteiger partial charge >= 0.3 is 11.9 Å². The van der Waals surface area contributed by atoms with Crippen molar-refractivity contribution < 1.29 is 54.0 Å². The topological polar surface area (TPSA) is 168 Å². The zero-order valence-corrected chi connectivity index (χ0v) is 37.3. The first kappa shape index (κ1) is 50.1. The Kier molecular flexibility index (Phi) is 19.7. The zero-order chi connectivity index (χ0) is 43.1. The van der Waals surface area contributed by atoms with Crippen molar-refractivity contribution in [2.45, 2.75) is 103 Å². The minimum absolute atomic E-state index is 0.0217. The number of hydrogen-bond donors (Lipinski definition) is 0. The van der Waals surface area contributed by atoms with Crippen LogP contribution in [0.15, 0.2) is 58.3 Å². The van der Waals surface area contributed by atoms with Gasteiger partial charge in [0.2, 0.25) is 0 Å². The summed E-state index contributed by atoms with van der Waals surface area (Å²) in [5.74, 6) is -0.971. The lowest BCUT2D eigenvalue weighted by Gasteiger charge is -2.30. The third-order valence-corrected chi connectivity index (χ3v) is 10.4. The molecule has 0 radical (unpaired) electrons. The van der Waals surface area contributed by atoms with Gasteiger partial charge in [0, 0.05) is 45.8 Å². The maximum Gasteiger partial charge on any atom is 0.320 e. The highest BCUT2D eigenvalue weighted by Gasteiger charge is 2.24. The van der Waals surface area contributed by atoms with E-state index in [4.69, 9.17) is 27.6 Å². The van der Waals surface area contributed by atoms with Crippen molar-refractivity contribution in [3.05, 3.63) is 59.7 Å². The Morgan fingerprint density at radius 2 is 0.825 bits per heavy atom. The van der Waals surface area contributed by atoms with Gasteiger partial charge in [-0.2, -0.15) is 16.8 Å². The number of esters is 2. The highest BCUT2D eigenvalue weighted by molar-refractivity contribution is 7.87. The average Bonchev–Trinajstić information content (AvgIpc) is 3.05. The second kappa shape index (κ2) is 22.4.